The van der Waals surface area contributed by atoms with Crippen LogP contribution in [0, 0.1) is 11.6 Å². The lowest BCUT2D eigenvalue weighted by molar-refractivity contribution is 0.465. The van der Waals surface area contributed by atoms with Crippen molar-refractivity contribution in [3.63, 3.8) is 0 Å². The zero-order valence-electron chi connectivity index (χ0n) is 16.0. The predicted molar refractivity (Wildman–Crippen MR) is 106 cm³/mol. The molecule has 2 aliphatic heterocycles. The summed E-state index contributed by atoms with van der Waals surface area (Å²) in [5.41, 5.74) is 2.15. The Hall–Kier alpha value is -2.65. The lowest BCUT2D eigenvalue weighted by atomic mass is 10.1. The van der Waals surface area contributed by atoms with Gasteiger partial charge in [0.05, 0.1) is 22.3 Å². The van der Waals surface area contributed by atoms with Crippen molar-refractivity contribution in [1.29, 1.82) is 0 Å². The van der Waals surface area contributed by atoms with Crippen molar-refractivity contribution in [2.24, 2.45) is 0 Å². The van der Waals surface area contributed by atoms with Gasteiger partial charge in [0.1, 0.15) is 11.6 Å². The minimum Gasteiger partial charge on any atom is -0.419 e. The number of aromatic nitrogens is 4. The number of benzene rings is 1. The average Bonchev–Trinajstić information content (AvgIpc) is 3.45. The number of fused-ring (bicyclic) bond motifs is 1. The number of hydrogen-bond acceptors (Lipinski definition) is 7. The molecule has 7 nitrogen and oxygen atoms in total. The van der Waals surface area contributed by atoms with Crippen molar-refractivity contribution < 1.29 is 13.2 Å². The van der Waals surface area contributed by atoms with Gasteiger partial charge in [-0.25, -0.2) is 8.78 Å². The first-order chi connectivity index (χ1) is 14.6. The van der Waals surface area contributed by atoms with Crippen molar-refractivity contribution in [1.82, 2.24) is 25.7 Å². The lowest BCUT2D eigenvalue weighted by Gasteiger charge is -2.30. The zero-order chi connectivity index (χ0) is 20.7. The molecule has 156 valence electrons. The number of halogens is 3. The molecule has 2 aromatic heterocycles. The second-order valence-electron chi connectivity index (χ2n) is 7.54. The highest BCUT2D eigenvalue weighted by molar-refractivity contribution is 6.31. The Balaban J connectivity index is 1.46. The van der Waals surface area contributed by atoms with Crippen LogP contribution in [0.4, 0.5) is 14.5 Å². The molecular weight excluding hydrogens is 414 g/mol. The normalized spacial score (nSPS) is 18.6. The summed E-state index contributed by atoms with van der Waals surface area (Å²) in [6.45, 7) is 2.52. The van der Waals surface area contributed by atoms with Gasteiger partial charge in [0, 0.05) is 25.2 Å². The molecule has 30 heavy (non-hydrogen) atoms. The van der Waals surface area contributed by atoms with Gasteiger partial charge < -0.3 is 14.6 Å². The number of aryl methyl sites for hydroxylation is 1. The third kappa shape index (κ3) is 3.52. The second-order valence-corrected chi connectivity index (χ2v) is 7.92. The molecule has 10 heteroatoms. The van der Waals surface area contributed by atoms with Crippen LogP contribution in [0.25, 0.3) is 11.6 Å². The Kier molecular flexibility index (Phi) is 5.08. The molecular formula is C20H19ClF2N6O. The molecule has 5 rings (SSSR count). The highest BCUT2D eigenvalue weighted by Crippen LogP contribution is 2.33. The molecule has 1 saturated heterocycles. The van der Waals surface area contributed by atoms with Gasteiger partial charge in [0.15, 0.2) is 5.69 Å². The van der Waals surface area contributed by atoms with E-state index in [9.17, 15) is 8.78 Å². The molecule has 1 aromatic carbocycles. The van der Waals surface area contributed by atoms with Gasteiger partial charge in [0.25, 0.3) is 5.89 Å². The molecule has 0 spiro atoms. The minimum absolute atomic E-state index is 0.122. The van der Waals surface area contributed by atoms with E-state index in [1.54, 1.807) is 0 Å². The van der Waals surface area contributed by atoms with Gasteiger partial charge in [0.2, 0.25) is 5.89 Å². The molecule has 0 amide bonds. The molecule has 0 radical (unpaired) electrons. The third-order valence-electron chi connectivity index (χ3n) is 5.59. The molecule has 1 fully saturated rings. The summed E-state index contributed by atoms with van der Waals surface area (Å²) < 4.78 is 34.0. The molecule has 1 atom stereocenters. The summed E-state index contributed by atoms with van der Waals surface area (Å²) >= 11 is 6.03. The Morgan fingerprint density at radius 2 is 2.03 bits per heavy atom. The van der Waals surface area contributed by atoms with Crippen LogP contribution < -0.4 is 10.2 Å². The van der Waals surface area contributed by atoms with Crippen LogP contribution in [0.2, 0.25) is 5.02 Å². The van der Waals surface area contributed by atoms with Crippen molar-refractivity contribution in [3.05, 3.63) is 52.0 Å². The maximum Gasteiger partial charge on any atom is 0.268 e. The van der Waals surface area contributed by atoms with E-state index in [0.29, 0.717) is 24.0 Å². The van der Waals surface area contributed by atoms with Crippen molar-refractivity contribution >= 4 is 17.3 Å². The highest BCUT2D eigenvalue weighted by atomic mass is 35.5. The van der Waals surface area contributed by atoms with Crippen molar-refractivity contribution in [2.45, 2.75) is 31.7 Å². The van der Waals surface area contributed by atoms with E-state index in [4.69, 9.17) is 16.0 Å². The number of anilines is 1. The SMILES string of the molecule is Fc1ccc(F)c(CN2CCCc3nnc(-c4nnc(C5CCNC5)o4)cc32)c1Cl. The van der Waals surface area contributed by atoms with E-state index in [0.717, 1.165) is 55.9 Å². The maximum absolute atomic E-state index is 14.3. The summed E-state index contributed by atoms with van der Waals surface area (Å²) in [6, 6.07) is 3.94. The number of hydrogen-bond donors (Lipinski definition) is 1. The smallest absolute Gasteiger partial charge is 0.268 e. The number of nitrogens with zero attached hydrogens (tertiary/aromatic N) is 5. The Morgan fingerprint density at radius 1 is 1.17 bits per heavy atom. The summed E-state index contributed by atoms with van der Waals surface area (Å²) in [6.07, 6.45) is 2.53. The van der Waals surface area contributed by atoms with Crippen LogP contribution in [0.3, 0.4) is 0 Å². The first-order valence-electron chi connectivity index (χ1n) is 9.88. The van der Waals surface area contributed by atoms with Crippen LogP contribution in [0.1, 0.15) is 35.9 Å². The van der Waals surface area contributed by atoms with E-state index >= 15 is 0 Å². The fourth-order valence-electron chi connectivity index (χ4n) is 3.96. The quantitative estimate of drug-likeness (QED) is 0.632. The molecule has 0 saturated carbocycles. The standard InChI is InChI=1S/C20H19ClF2N6O/c21-18-12(13(22)3-4-14(18)23)10-29-7-1-2-15-17(29)8-16(26-25-15)20-28-27-19(30-20)11-5-6-24-9-11/h3-4,8,11,24H,1-2,5-7,9-10H2. The van der Waals surface area contributed by atoms with E-state index in [1.165, 1.54) is 0 Å². The topological polar surface area (TPSA) is 80.0 Å². The van der Waals surface area contributed by atoms with Gasteiger partial charge in [-0.1, -0.05) is 11.6 Å². The summed E-state index contributed by atoms with van der Waals surface area (Å²) in [7, 11) is 0. The maximum atomic E-state index is 14.3. The van der Waals surface area contributed by atoms with Crippen LogP contribution in [0.5, 0.6) is 0 Å². The molecule has 0 bridgehead atoms. The van der Waals surface area contributed by atoms with Crippen LogP contribution in [-0.4, -0.2) is 40.0 Å². The molecule has 1 unspecified atom stereocenters. The first kappa shape index (κ1) is 19.3. The lowest BCUT2D eigenvalue weighted by Crippen LogP contribution is -2.30. The van der Waals surface area contributed by atoms with Crippen LogP contribution >= 0.6 is 11.6 Å². The van der Waals surface area contributed by atoms with Gasteiger partial charge in [-0.05, 0) is 44.0 Å². The zero-order valence-corrected chi connectivity index (χ0v) is 16.8. The summed E-state index contributed by atoms with van der Waals surface area (Å²) in [5, 5.41) is 19.9. The molecule has 0 aliphatic carbocycles. The van der Waals surface area contributed by atoms with E-state index in [-0.39, 0.29) is 23.0 Å². The number of nitrogens with one attached hydrogen (secondary N) is 1. The minimum atomic E-state index is -0.640. The molecule has 4 heterocycles. The van der Waals surface area contributed by atoms with Gasteiger partial charge >= 0.3 is 0 Å². The van der Waals surface area contributed by atoms with Gasteiger partial charge in [-0.15, -0.1) is 15.3 Å². The first-order valence-corrected chi connectivity index (χ1v) is 10.3. The molecule has 1 N–H and O–H groups in total. The Labute approximate surface area is 176 Å². The van der Waals surface area contributed by atoms with Crippen LogP contribution in [-0.2, 0) is 13.0 Å². The van der Waals surface area contributed by atoms with E-state index in [1.807, 2.05) is 11.0 Å². The van der Waals surface area contributed by atoms with Crippen LogP contribution in [0.15, 0.2) is 22.6 Å². The van der Waals surface area contributed by atoms with Crippen molar-refractivity contribution in [3.8, 4) is 11.6 Å². The number of rotatable bonds is 4. The molecule has 3 aromatic rings. The van der Waals surface area contributed by atoms with Gasteiger partial charge in [-0.3, -0.25) is 0 Å². The van der Waals surface area contributed by atoms with Crippen molar-refractivity contribution in [2.75, 3.05) is 24.5 Å². The fraction of sp³-hybridized carbons (Fsp3) is 0.400. The summed E-state index contributed by atoms with van der Waals surface area (Å²) in [4.78, 5) is 1.93. The molecule has 2 aliphatic rings. The largest absolute Gasteiger partial charge is 0.419 e. The third-order valence-corrected chi connectivity index (χ3v) is 6.00. The predicted octanol–water partition coefficient (Wildman–Crippen LogP) is 3.49. The van der Waals surface area contributed by atoms with Gasteiger partial charge in [-0.2, -0.15) is 5.10 Å². The van der Waals surface area contributed by atoms with E-state index in [2.05, 4.69) is 25.7 Å². The monoisotopic (exact) mass is 432 g/mol. The average molecular weight is 433 g/mol. The second kappa shape index (κ2) is 7.88. The Morgan fingerprint density at radius 3 is 2.87 bits per heavy atom. The van der Waals surface area contributed by atoms with E-state index < -0.39 is 11.6 Å². The summed E-state index contributed by atoms with van der Waals surface area (Å²) in [5.74, 6) is -0.0970. The Bertz CT molecular complexity index is 1090. The highest BCUT2D eigenvalue weighted by Gasteiger charge is 2.26. The fourth-order valence-corrected chi connectivity index (χ4v) is 4.17.